The van der Waals surface area contributed by atoms with Crippen LogP contribution in [0.3, 0.4) is 0 Å². The maximum atomic E-state index is 12.4. The fourth-order valence-corrected chi connectivity index (χ4v) is 3.61. The van der Waals surface area contributed by atoms with Crippen LogP contribution in [-0.4, -0.2) is 45.8 Å². The van der Waals surface area contributed by atoms with E-state index in [-0.39, 0.29) is 17.1 Å². The Morgan fingerprint density at radius 1 is 1.39 bits per heavy atom. The lowest BCUT2D eigenvalue weighted by Crippen LogP contribution is -2.45. The SMILES string of the molecule is C=CC(=O)N1CCSC(C(=O)Nc2ccc3cccnc3c2)C1. The van der Waals surface area contributed by atoms with Crippen molar-refractivity contribution >= 4 is 40.2 Å². The van der Waals surface area contributed by atoms with Gasteiger partial charge in [0.25, 0.3) is 0 Å². The van der Waals surface area contributed by atoms with Crippen molar-refractivity contribution in [1.82, 2.24) is 9.88 Å². The van der Waals surface area contributed by atoms with Crippen molar-refractivity contribution in [2.45, 2.75) is 5.25 Å². The number of hydrogen-bond donors (Lipinski definition) is 1. The van der Waals surface area contributed by atoms with Gasteiger partial charge < -0.3 is 10.2 Å². The molecule has 1 aliphatic rings. The van der Waals surface area contributed by atoms with Crippen molar-refractivity contribution in [1.29, 1.82) is 0 Å². The summed E-state index contributed by atoms with van der Waals surface area (Å²) >= 11 is 1.57. The number of aromatic nitrogens is 1. The molecule has 1 unspecified atom stereocenters. The largest absolute Gasteiger partial charge is 0.337 e. The Balaban J connectivity index is 1.70. The first kappa shape index (κ1) is 15.6. The van der Waals surface area contributed by atoms with Crippen molar-refractivity contribution < 1.29 is 9.59 Å². The molecule has 2 heterocycles. The maximum absolute atomic E-state index is 12.4. The molecule has 3 rings (SSSR count). The zero-order valence-corrected chi connectivity index (χ0v) is 13.4. The Morgan fingerprint density at radius 3 is 3.09 bits per heavy atom. The van der Waals surface area contributed by atoms with Gasteiger partial charge in [0, 0.05) is 36.1 Å². The highest BCUT2D eigenvalue weighted by atomic mass is 32.2. The standard InChI is InChI=1S/C17H17N3O2S/c1-2-16(21)20-8-9-23-15(11-20)17(22)19-13-6-5-12-4-3-7-18-14(12)10-13/h2-7,10,15H,1,8-9,11H2,(H,19,22). The zero-order chi connectivity index (χ0) is 16.2. The first-order valence-corrected chi connectivity index (χ1v) is 8.41. The maximum Gasteiger partial charge on any atom is 0.246 e. The second kappa shape index (κ2) is 6.83. The number of carbonyl (C=O) groups is 2. The van der Waals surface area contributed by atoms with Crippen LogP contribution in [0.25, 0.3) is 10.9 Å². The number of hydrogen-bond acceptors (Lipinski definition) is 4. The van der Waals surface area contributed by atoms with Gasteiger partial charge in [0.15, 0.2) is 0 Å². The Kier molecular flexibility index (Phi) is 4.62. The van der Waals surface area contributed by atoms with Crippen molar-refractivity contribution in [2.75, 3.05) is 24.2 Å². The van der Waals surface area contributed by atoms with Gasteiger partial charge in [-0.3, -0.25) is 14.6 Å². The van der Waals surface area contributed by atoms with E-state index in [2.05, 4.69) is 16.9 Å². The fraction of sp³-hybridized carbons (Fsp3) is 0.235. The summed E-state index contributed by atoms with van der Waals surface area (Å²) in [5.74, 6) is 0.529. The van der Waals surface area contributed by atoms with Gasteiger partial charge in [-0.05, 0) is 24.3 Å². The number of fused-ring (bicyclic) bond motifs is 1. The molecule has 5 nitrogen and oxygen atoms in total. The molecule has 1 fully saturated rings. The molecule has 1 N–H and O–H groups in total. The Bertz CT molecular complexity index is 762. The molecule has 0 aliphatic carbocycles. The summed E-state index contributed by atoms with van der Waals surface area (Å²) < 4.78 is 0. The van der Waals surface area contributed by atoms with Crippen LogP contribution < -0.4 is 5.32 Å². The van der Waals surface area contributed by atoms with Gasteiger partial charge in [0.2, 0.25) is 11.8 Å². The molecule has 0 spiro atoms. The number of anilines is 1. The molecule has 118 valence electrons. The highest BCUT2D eigenvalue weighted by molar-refractivity contribution is 8.00. The summed E-state index contributed by atoms with van der Waals surface area (Å²) in [6, 6.07) is 9.50. The number of rotatable bonds is 3. The Hall–Kier alpha value is -2.34. The van der Waals surface area contributed by atoms with Gasteiger partial charge in [-0.15, -0.1) is 11.8 Å². The molecule has 2 aromatic rings. The normalized spacial score (nSPS) is 17.7. The lowest BCUT2D eigenvalue weighted by atomic mass is 10.2. The van der Waals surface area contributed by atoms with E-state index >= 15 is 0 Å². The number of nitrogens with zero attached hydrogens (tertiary/aromatic N) is 2. The van der Waals surface area contributed by atoms with Gasteiger partial charge in [-0.1, -0.05) is 18.7 Å². The number of carbonyl (C=O) groups excluding carboxylic acids is 2. The summed E-state index contributed by atoms with van der Waals surface area (Å²) in [4.78, 5) is 30.1. The van der Waals surface area contributed by atoms with Crippen LogP contribution in [0.15, 0.2) is 49.2 Å². The fourth-order valence-electron chi connectivity index (χ4n) is 2.50. The summed E-state index contributed by atoms with van der Waals surface area (Å²) in [5, 5.41) is 3.67. The van der Waals surface area contributed by atoms with Gasteiger partial charge in [-0.2, -0.15) is 0 Å². The second-order valence-electron chi connectivity index (χ2n) is 5.25. The predicted molar refractivity (Wildman–Crippen MR) is 93.4 cm³/mol. The van der Waals surface area contributed by atoms with Crippen molar-refractivity contribution in [3.05, 3.63) is 49.2 Å². The second-order valence-corrected chi connectivity index (χ2v) is 6.56. The average molecular weight is 327 g/mol. The third-order valence-corrected chi connectivity index (χ3v) is 4.90. The zero-order valence-electron chi connectivity index (χ0n) is 12.6. The molecule has 1 aromatic carbocycles. The summed E-state index contributed by atoms with van der Waals surface area (Å²) in [5.41, 5.74) is 1.55. The molecule has 0 bridgehead atoms. The summed E-state index contributed by atoms with van der Waals surface area (Å²) in [6.45, 7) is 4.56. The molecule has 6 heteroatoms. The monoisotopic (exact) mass is 327 g/mol. The van der Waals surface area contributed by atoms with Crippen molar-refractivity contribution in [2.24, 2.45) is 0 Å². The van der Waals surface area contributed by atoms with Crippen molar-refractivity contribution in [3.63, 3.8) is 0 Å². The van der Waals surface area contributed by atoms with Gasteiger partial charge in [-0.25, -0.2) is 0 Å². The Labute approximate surface area is 138 Å². The smallest absolute Gasteiger partial charge is 0.246 e. The van der Waals surface area contributed by atoms with E-state index in [4.69, 9.17) is 0 Å². The van der Waals surface area contributed by atoms with E-state index < -0.39 is 0 Å². The number of nitrogens with one attached hydrogen (secondary N) is 1. The van der Waals surface area contributed by atoms with E-state index in [1.54, 1.807) is 22.9 Å². The van der Waals surface area contributed by atoms with E-state index in [1.807, 2.05) is 30.3 Å². The van der Waals surface area contributed by atoms with Crippen LogP contribution in [0.5, 0.6) is 0 Å². The van der Waals surface area contributed by atoms with Gasteiger partial charge >= 0.3 is 0 Å². The van der Waals surface area contributed by atoms with E-state index in [1.165, 1.54) is 6.08 Å². The highest BCUT2D eigenvalue weighted by Crippen LogP contribution is 2.22. The Morgan fingerprint density at radius 2 is 2.26 bits per heavy atom. The lowest BCUT2D eigenvalue weighted by molar-refractivity contribution is -0.126. The quantitative estimate of drug-likeness (QED) is 0.879. The predicted octanol–water partition coefficient (Wildman–Crippen LogP) is 2.30. The first-order valence-electron chi connectivity index (χ1n) is 7.36. The van der Waals surface area contributed by atoms with Gasteiger partial charge in [0.05, 0.1) is 5.52 Å². The molecule has 23 heavy (non-hydrogen) atoms. The molecule has 1 aliphatic heterocycles. The van der Waals surface area contributed by atoms with Crippen molar-refractivity contribution in [3.8, 4) is 0 Å². The highest BCUT2D eigenvalue weighted by Gasteiger charge is 2.28. The topological polar surface area (TPSA) is 62.3 Å². The summed E-state index contributed by atoms with van der Waals surface area (Å²) in [7, 11) is 0. The van der Waals surface area contributed by atoms with Gasteiger partial charge in [0.1, 0.15) is 5.25 Å². The molecule has 0 saturated carbocycles. The van der Waals surface area contributed by atoms with E-state index in [9.17, 15) is 9.59 Å². The lowest BCUT2D eigenvalue weighted by Gasteiger charge is -2.30. The minimum Gasteiger partial charge on any atom is -0.337 e. The minimum atomic E-state index is -0.271. The average Bonchev–Trinajstić information content (AvgIpc) is 2.61. The van der Waals surface area contributed by atoms with E-state index in [0.717, 1.165) is 16.7 Å². The molecular formula is C17H17N3O2S. The van der Waals surface area contributed by atoms with Crippen LogP contribution >= 0.6 is 11.8 Å². The molecule has 1 aromatic heterocycles. The van der Waals surface area contributed by atoms with Crippen LogP contribution in [0, 0.1) is 0 Å². The minimum absolute atomic E-state index is 0.0909. The van der Waals surface area contributed by atoms with Crippen LogP contribution in [-0.2, 0) is 9.59 Å². The first-order chi connectivity index (χ1) is 11.2. The molecule has 2 amide bonds. The number of amides is 2. The molecule has 0 radical (unpaired) electrons. The molecule has 1 atom stereocenters. The number of pyridine rings is 1. The summed E-state index contributed by atoms with van der Waals surface area (Å²) in [6.07, 6.45) is 3.02. The van der Waals surface area contributed by atoms with Crippen LogP contribution in [0.1, 0.15) is 0 Å². The van der Waals surface area contributed by atoms with Crippen LogP contribution in [0.2, 0.25) is 0 Å². The third-order valence-electron chi connectivity index (χ3n) is 3.72. The molecular weight excluding hydrogens is 310 g/mol. The molecule has 1 saturated heterocycles. The number of benzene rings is 1. The third kappa shape index (κ3) is 3.53. The number of thioether (sulfide) groups is 1. The van der Waals surface area contributed by atoms with E-state index in [0.29, 0.717) is 18.8 Å². The van der Waals surface area contributed by atoms with Crippen LogP contribution in [0.4, 0.5) is 5.69 Å².